The van der Waals surface area contributed by atoms with E-state index in [1.807, 2.05) is 37.3 Å². The minimum absolute atomic E-state index is 0.192. The highest BCUT2D eigenvalue weighted by molar-refractivity contribution is 9.10. The number of ether oxygens (including phenoxy) is 4. The van der Waals surface area contributed by atoms with Gasteiger partial charge in [-0.05, 0) is 68.2 Å². The summed E-state index contributed by atoms with van der Waals surface area (Å²) in [6.45, 7) is 10.9. The van der Waals surface area contributed by atoms with Gasteiger partial charge in [0.1, 0.15) is 5.75 Å². The molecule has 212 valence electrons. The van der Waals surface area contributed by atoms with Gasteiger partial charge in [-0.25, -0.2) is 9.79 Å². The van der Waals surface area contributed by atoms with E-state index in [0.717, 1.165) is 11.3 Å². The van der Waals surface area contributed by atoms with E-state index < -0.39 is 12.0 Å². The van der Waals surface area contributed by atoms with Crippen molar-refractivity contribution in [3.05, 3.63) is 83.0 Å². The SMILES string of the molecule is CCOC(=O)C1=C(C)N=c2s/c(=C\c3ccc(OCC(C)C)cc3)c(=O)n2[C@@H]1c1cc(OC)c(OCC)cc1Br. The largest absolute Gasteiger partial charge is 0.493 e. The first kappa shape index (κ1) is 29.6. The molecule has 1 aliphatic heterocycles. The maximum atomic E-state index is 13.9. The van der Waals surface area contributed by atoms with E-state index in [1.165, 1.54) is 11.3 Å². The first-order valence-electron chi connectivity index (χ1n) is 13.1. The van der Waals surface area contributed by atoms with Crippen molar-refractivity contribution in [2.45, 2.75) is 40.7 Å². The summed E-state index contributed by atoms with van der Waals surface area (Å²) in [6.07, 6.45) is 1.82. The van der Waals surface area contributed by atoms with E-state index >= 15 is 0 Å². The molecule has 1 aliphatic rings. The molecule has 0 unspecified atom stereocenters. The number of aromatic nitrogens is 1. The quantitative estimate of drug-likeness (QED) is 0.294. The summed E-state index contributed by atoms with van der Waals surface area (Å²) in [4.78, 5) is 32.3. The van der Waals surface area contributed by atoms with Crippen molar-refractivity contribution in [2.75, 3.05) is 26.9 Å². The summed E-state index contributed by atoms with van der Waals surface area (Å²) in [5.41, 5.74) is 2.02. The molecule has 0 saturated heterocycles. The lowest BCUT2D eigenvalue weighted by Crippen LogP contribution is -2.40. The Hall–Kier alpha value is -3.37. The highest BCUT2D eigenvalue weighted by atomic mass is 79.9. The molecule has 0 radical (unpaired) electrons. The highest BCUT2D eigenvalue weighted by Crippen LogP contribution is 2.41. The molecular weight excluding hydrogens is 596 g/mol. The average molecular weight is 630 g/mol. The molecule has 10 heteroatoms. The third kappa shape index (κ3) is 6.18. The number of methoxy groups -OCH3 is 1. The number of esters is 1. The van der Waals surface area contributed by atoms with Gasteiger partial charge in [0.05, 0.1) is 48.8 Å². The van der Waals surface area contributed by atoms with Crippen LogP contribution in [0.3, 0.4) is 0 Å². The minimum Gasteiger partial charge on any atom is -0.493 e. The molecule has 1 aromatic heterocycles. The predicted molar refractivity (Wildman–Crippen MR) is 159 cm³/mol. The fraction of sp³-hybridized carbons (Fsp3) is 0.367. The summed E-state index contributed by atoms with van der Waals surface area (Å²) in [5, 5.41) is 0. The molecule has 0 amide bonds. The summed E-state index contributed by atoms with van der Waals surface area (Å²) in [6, 6.07) is 10.4. The number of hydrogen-bond donors (Lipinski definition) is 0. The van der Waals surface area contributed by atoms with Crippen LogP contribution in [-0.4, -0.2) is 37.5 Å². The Morgan fingerprint density at radius 2 is 1.85 bits per heavy atom. The van der Waals surface area contributed by atoms with Gasteiger partial charge in [-0.3, -0.25) is 9.36 Å². The van der Waals surface area contributed by atoms with Crippen LogP contribution < -0.4 is 29.1 Å². The Bertz CT molecular complexity index is 1600. The second kappa shape index (κ2) is 12.9. The van der Waals surface area contributed by atoms with Crippen molar-refractivity contribution in [1.29, 1.82) is 0 Å². The van der Waals surface area contributed by atoms with Gasteiger partial charge in [-0.2, -0.15) is 0 Å². The van der Waals surface area contributed by atoms with E-state index in [1.54, 1.807) is 37.7 Å². The number of benzene rings is 2. The van der Waals surface area contributed by atoms with Crippen LogP contribution in [0.15, 0.2) is 61.9 Å². The number of carbonyl (C=O) groups excluding carboxylic acids is 1. The number of allylic oxidation sites excluding steroid dienone is 1. The number of hydrogen-bond acceptors (Lipinski definition) is 8. The second-order valence-electron chi connectivity index (χ2n) is 9.53. The Morgan fingerprint density at radius 3 is 2.48 bits per heavy atom. The van der Waals surface area contributed by atoms with Crippen molar-refractivity contribution in [3.8, 4) is 17.2 Å². The van der Waals surface area contributed by atoms with Crippen LogP contribution in [0.25, 0.3) is 6.08 Å². The number of fused-ring (bicyclic) bond motifs is 1. The summed E-state index contributed by atoms with van der Waals surface area (Å²) < 4.78 is 25.2. The lowest BCUT2D eigenvalue weighted by atomic mass is 9.95. The number of thiazole rings is 1. The number of carbonyl (C=O) groups is 1. The normalized spacial score (nSPS) is 15.1. The smallest absolute Gasteiger partial charge is 0.338 e. The third-order valence-electron chi connectivity index (χ3n) is 6.16. The van der Waals surface area contributed by atoms with Gasteiger partial charge >= 0.3 is 5.97 Å². The molecule has 1 atom stereocenters. The summed E-state index contributed by atoms with van der Waals surface area (Å²) >= 11 is 4.92. The fourth-order valence-electron chi connectivity index (χ4n) is 4.35. The molecule has 2 aromatic carbocycles. The van der Waals surface area contributed by atoms with Crippen LogP contribution in [0.5, 0.6) is 17.2 Å². The molecule has 8 nitrogen and oxygen atoms in total. The van der Waals surface area contributed by atoms with E-state index in [-0.39, 0.29) is 12.2 Å². The molecule has 0 saturated carbocycles. The van der Waals surface area contributed by atoms with Crippen molar-refractivity contribution in [2.24, 2.45) is 10.9 Å². The topological polar surface area (TPSA) is 88.4 Å². The summed E-state index contributed by atoms with van der Waals surface area (Å²) in [7, 11) is 1.55. The Balaban J connectivity index is 1.87. The number of nitrogens with zero attached hydrogens (tertiary/aromatic N) is 2. The van der Waals surface area contributed by atoms with Crippen LogP contribution in [0.4, 0.5) is 0 Å². The first-order chi connectivity index (χ1) is 19.2. The predicted octanol–water partition coefficient (Wildman–Crippen LogP) is 5.00. The average Bonchev–Trinajstić information content (AvgIpc) is 3.22. The van der Waals surface area contributed by atoms with Gasteiger partial charge in [-0.15, -0.1) is 0 Å². The standard InChI is InChI=1S/C30H33BrN2O6S/c1-7-37-24-15-22(31)21(14-23(24)36-6)27-26(29(35)38-8-2)18(5)32-30-33(27)28(34)25(40-30)13-19-9-11-20(12-10-19)39-16-17(3)4/h9-15,17,27H,7-8,16H2,1-6H3/b25-13-/t27-/m1/s1. The van der Waals surface area contributed by atoms with Crippen LogP contribution in [0.2, 0.25) is 0 Å². The van der Waals surface area contributed by atoms with Gasteiger partial charge in [0.25, 0.3) is 5.56 Å². The van der Waals surface area contributed by atoms with E-state index in [2.05, 4.69) is 34.8 Å². The zero-order valence-corrected chi connectivity index (χ0v) is 25.9. The molecule has 4 rings (SSSR count). The number of rotatable bonds is 10. The molecule has 0 fully saturated rings. The fourth-order valence-corrected chi connectivity index (χ4v) is 5.93. The van der Waals surface area contributed by atoms with E-state index in [0.29, 0.717) is 61.3 Å². The van der Waals surface area contributed by atoms with E-state index in [9.17, 15) is 9.59 Å². The summed E-state index contributed by atoms with van der Waals surface area (Å²) in [5.74, 6) is 1.70. The number of halogens is 1. The van der Waals surface area contributed by atoms with Crippen LogP contribution in [0.1, 0.15) is 51.8 Å². The zero-order chi connectivity index (χ0) is 29.0. The maximum Gasteiger partial charge on any atom is 0.338 e. The van der Waals surface area contributed by atoms with Gasteiger partial charge in [0.2, 0.25) is 0 Å². The minimum atomic E-state index is -0.789. The maximum absolute atomic E-state index is 13.9. The van der Waals surface area contributed by atoms with Crippen molar-refractivity contribution in [3.63, 3.8) is 0 Å². The van der Waals surface area contributed by atoms with Gasteiger partial charge in [-0.1, -0.05) is 53.2 Å². The highest BCUT2D eigenvalue weighted by Gasteiger charge is 2.35. The lowest BCUT2D eigenvalue weighted by molar-refractivity contribution is -0.139. The molecule has 2 heterocycles. The monoisotopic (exact) mass is 628 g/mol. The van der Waals surface area contributed by atoms with Crippen molar-refractivity contribution < 1.29 is 23.7 Å². The van der Waals surface area contributed by atoms with Crippen LogP contribution >= 0.6 is 27.3 Å². The first-order valence-corrected chi connectivity index (χ1v) is 14.7. The molecule has 40 heavy (non-hydrogen) atoms. The van der Waals surface area contributed by atoms with Gasteiger partial charge in [0.15, 0.2) is 16.3 Å². The van der Waals surface area contributed by atoms with Gasteiger partial charge < -0.3 is 18.9 Å². The second-order valence-corrected chi connectivity index (χ2v) is 11.4. The zero-order valence-electron chi connectivity index (χ0n) is 23.4. The Kier molecular flexibility index (Phi) is 9.52. The van der Waals surface area contributed by atoms with Crippen molar-refractivity contribution in [1.82, 2.24) is 4.57 Å². The Labute approximate surface area is 245 Å². The lowest BCUT2D eigenvalue weighted by Gasteiger charge is -2.26. The third-order valence-corrected chi connectivity index (χ3v) is 7.83. The molecule has 0 N–H and O–H groups in total. The van der Waals surface area contributed by atoms with Crippen LogP contribution in [0, 0.1) is 5.92 Å². The Morgan fingerprint density at radius 1 is 1.12 bits per heavy atom. The molecule has 0 spiro atoms. The van der Waals surface area contributed by atoms with E-state index in [4.69, 9.17) is 18.9 Å². The molecule has 3 aromatic rings. The van der Waals surface area contributed by atoms with Crippen molar-refractivity contribution >= 4 is 39.3 Å². The van der Waals surface area contributed by atoms with Gasteiger partial charge in [0, 0.05) is 4.47 Å². The molecular formula is C30H33BrN2O6S. The molecule has 0 aliphatic carbocycles. The molecule has 0 bridgehead atoms. The van der Waals surface area contributed by atoms with Crippen LogP contribution in [-0.2, 0) is 9.53 Å².